The van der Waals surface area contributed by atoms with E-state index < -0.39 is 5.41 Å². The second kappa shape index (κ2) is 15.4. The number of hydrogen-bond donors (Lipinski definition) is 5. The van der Waals surface area contributed by atoms with Crippen molar-refractivity contribution in [2.45, 2.75) is 87.0 Å². The lowest BCUT2D eigenvalue weighted by atomic mass is 9.79. The fourth-order valence-electron chi connectivity index (χ4n) is 4.28. The summed E-state index contributed by atoms with van der Waals surface area (Å²) < 4.78 is 0. The Kier molecular flexibility index (Phi) is 14.2. The number of imide groups is 2. The number of piperidine rings is 2. The van der Waals surface area contributed by atoms with Gasteiger partial charge in [0.2, 0.25) is 23.6 Å². The van der Waals surface area contributed by atoms with Gasteiger partial charge in [0.15, 0.2) is 0 Å². The van der Waals surface area contributed by atoms with E-state index in [4.69, 9.17) is 10.8 Å². The lowest BCUT2D eigenvalue weighted by molar-refractivity contribution is -0.142. The average molecular weight is 495 g/mol. The first-order valence-corrected chi connectivity index (χ1v) is 12.7. The number of hydrogen-bond acceptors (Lipinski definition) is 7. The van der Waals surface area contributed by atoms with Gasteiger partial charge in [-0.05, 0) is 53.0 Å². The Morgan fingerprint density at radius 1 is 0.771 bits per heavy atom. The predicted octanol–water partition coefficient (Wildman–Crippen LogP) is 2.61. The third-order valence-electron chi connectivity index (χ3n) is 6.20. The molecule has 5 N–H and O–H groups in total. The quantitative estimate of drug-likeness (QED) is 0.198. The predicted molar refractivity (Wildman–Crippen MR) is 138 cm³/mol. The van der Waals surface area contributed by atoms with E-state index in [0.29, 0.717) is 43.8 Å². The van der Waals surface area contributed by atoms with Crippen molar-refractivity contribution in [2.24, 2.45) is 10.8 Å². The van der Waals surface area contributed by atoms with Crippen molar-refractivity contribution >= 4 is 35.2 Å². The summed E-state index contributed by atoms with van der Waals surface area (Å²) in [5.41, 5.74) is -0.0237. The van der Waals surface area contributed by atoms with Gasteiger partial charge in [-0.2, -0.15) is 0 Å². The monoisotopic (exact) mass is 494 g/mol. The zero-order chi connectivity index (χ0) is 27.2. The van der Waals surface area contributed by atoms with Gasteiger partial charge in [0.1, 0.15) is 0 Å². The van der Waals surface area contributed by atoms with E-state index in [9.17, 15) is 19.2 Å². The molecule has 0 aromatic carbocycles. The van der Waals surface area contributed by atoms with Crippen LogP contribution in [0.15, 0.2) is 0 Å². The van der Waals surface area contributed by atoms with Gasteiger partial charge in [0.05, 0.1) is 16.7 Å². The summed E-state index contributed by atoms with van der Waals surface area (Å²) in [6.45, 7) is 16.2. The molecular formula is C25H46N6O4. The standard InChI is InChI=1S/C10H15N3O2.C8H12N2O2.C3H7N.2C2H6/c1-7(11)13-5-4-10(6-13)3-2-8(14)12-9(10)15;11-6-1-2-8(7(12)10-6)3-4-9-5-8;1-3(2)4;2*1-2/h11H,2-6H2,1H3,(H,12,14,15);9H,1-5H2,(H,10,11,12);4H,1-2H3;2*1-2H3. The first kappa shape index (κ1) is 32.4. The number of amides is 4. The largest absolute Gasteiger partial charge is 0.360 e. The van der Waals surface area contributed by atoms with Crippen molar-refractivity contribution in [2.75, 3.05) is 26.2 Å². The van der Waals surface area contributed by atoms with Gasteiger partial charge in [-0.25, -0.2) is 0 Å². The lowest BCUT2D eigenvalue weighted by Gasteiger charge is -2.31. The van der Waals surface area contributed by atoms with Gasteiger partial charge in [-0.1, -0.05) is 27.7 Å². The number of rotatable bonds is 0. The van der Waals surface area contributed by atoms with E-state index in [1.165, 1.54) is 0 Å². The Morgan fingerprint density at radius 2 is 1.23 bits per heavy atom. The molecule has 0 aromatic heterocycles. The van der Waals surface area contributed by atoms with Crippen LogP contribution >= 0.6 is 0 Å². The molecule has 2 atom stereocenters. The highest BCUT2D eigenvalue weighted by Crippen LogP contribution is 2.37. The summed E-state index contributed by atoms with van der Waals surface area (Å²) in [4.78, 5) is 47.0. The van der Waals surface area contributed by atoms with Crippen molar-refractivity contribution < 1.29 is 19.2 Å². The molecule has 2 unspecified atom stereocenters. The Morgan fingerprint density at radius 3 is 1.57 bits per heavy atom. The summed E-state index contributed by atoms with van der Waals surface area (Å²) in [6, 6.07) is 0. The van der Waals surface area contributed by atoms with E-state index in [-0.39, 0.29) is 29.0 Å². The van der Waals surface area contributed by atoms with Crippen LogP contribution in [0.2, 0.25) is 0 Å². The summed E-state index contributed by atoms with van der Waals surface area (Å²) in [6.07, 6.45) is 3.88. The first-order valence-electron chi connectivity index (χ1n) is 12.7. The van der Waals surface area contributed by atoms with Crippen LogP contribution < -0.4 is 16.0 Å². The molecule has 4 rings (SSSR count). The Hall–Kier alpha value is -2.62. The van der Waals surface area contributed by atoms with Gasteiger partial charge >= 0.3 is 0 Å². The molecule has 0 aliphatic carbocycles. The molecule has 35 heavy (non-hydrogen) atoms. The van der Waals surface area contributed by atoms with Gasteiger partial charge in [0.25, 0.3) is 0 Å². The molecule has 4 heterocycles. The minimum Gasteiger partial charge on any atom is -0.360 e. The molecule has 0 saturated carbocycles. The van der Waals surface area contributed by atoms with Crippen LogP contribution in [0.25, 0.3) is 0 Å². The molecule has 4 saturated heterocycles. The molecule has 2 spiro atoms. The van der Waals surface area contributed by atoms with Gasteiger partial charge in [-0.3, -0.25) is 35.2 Å². The van der Waals surface area contributed by atoms with Crippen molar-refractivity contribution in [1.29, 1.82) is 10.8 Å². The van der Waals surface area contributed by atoms with Crippen molar-refractivity contribution in [3.63, 3.8) is 0 Å². The molecule has 4 aliphatic heterocycles. The van der Waals surface area contributed by atoms with Crippen molar-refractivity contribution in [1.82, 2.24) is 20.9 Å². The Labute approximate surface area is 210 Å². The molecule has 0 bridgehead atoms. The molecule has 10 heteroatoms. The van der Waals surface area contributed by atoms with Crippen molar-refractivity contribution in [3.8, 4) is 0 Å². The van der Waals surface area contributed by atoms with Gasteiger partial charge in [-0.15, -0.1) is 0 Å². The third kappa shape index (κ3) is 9.51. The highest BCUT2D eigenvalue weighted by atomic mass is 16.2. The first-order chi connectivity index (χ1) is 16.5. The molecule has 200 valence electrons. The number of amidine groups is 1. The zero-order valence-corrected chi connectivity index (χ0v) is 22.7. The van der Waals surface area contributed by atoms with E-state index in [2.05, 4.69) is 16.0 Å². The number of carbonyl (C=O) groups is 4. The maximum absolute atomic E-state index is 11.8. The molecule has 0 aromatic rings. The number of likely N-dealkylation sites (tertiary alicyclic amines) is 1. The summed E-state index contributed by atoms with van der Waals surface area (Å²) >= 11 is 0. The molecule has 4 fully saturated rings. The van der Waals surface area contributed by atoms with Crippen LogP contribution in [0, 0.1) is 21.6 Å². The summed E-state index contributed by atoms with van der Waals surface area (Å²) in [5.74, 6) is -0.0315. The van der Waals surface area contributed by atoms with Crippen LogP contribution in [-0.2, 0) is 19.2 Å². The second-order valence-corrected chi connectivity index (χ2v) is 9.00. The van der Waals surface area contributed by atoms with E-state index in [0.717, 1.165) is 32.5 Å². The topological polar surface area (TPSA) is 155 Å². The lowest BCUT2D eigenvalue weighted by Crippen LogP contribution is -2.50. The maximum Gasteiger partial charge on any atom is 0.234 e. The fourth-order valence-corrected chi connectivity index (χ4v) is 4.28. The molecule has 4 amide bonds. The molecule has 4 aliphatic rings. The second-order valence-electron chi connectivity index (χ2n) is 9.00. The van der Waals surface area contributed by atoms with E-state index in [1.807, 2.05) is 32.6 Å². The number of carbonyl (C=O) groups excluding carboxylic acids is 4. The fraction of sp³-hybridized carbons (Fsp3) is 0.760. The number of nitrogens with zero attached hydrogens (tertiary/aromatic N) is 1. The SMILES string of the molecule is CC.CC.CC(=N)N1CCC2(CCC(=O)NC2=O)C1.CC(C)=N.O=C1CCC2(CCNC2)C(=O)N1. The summed E-state index contributed by atoms with van der Waals surface area (Å²) in [7, 11) is 0. The Balaban J connectivity index is 0.000000518. The molecule has 10 nitrogen and oxygen atoms in total. The van der Waals surface area contributed by atoms with Crippen LogP contribution in [0.3, 0.4) is 0 Å². The minimum absolute atomic E-state index is 0.0799. The minimum atomic E-state index is -0.420. The van der Waals surface area contributed by atoms with E-state index in [1.54, 1.807) is 20.8 Å². The summed E-state index contributed by atoms with van der Waals surface area (Å²) in [5, 5.41) is 22.0. The van der Waals surface area contributed by atoms with Crippen LogP contribution in [0.4, 0.5) is 0 Å². The van der Waals surface area contributed by atoms with Gasteiger partial charge in [0, 0.05) is 38.2 Å². The molecular weight excluding hydrogens is 448 g/mol. The molecule has 0 radical (unpaired) electrons. The normalized spacial score (nSPS) is 26.5. The smallest absolute Gasteiger partial charge is 0.234 e. The number of nitrogens with one attached hydrogen (secondary N) is 5. The third-order valence-corrected chi connectivity index (χ3v) is 6.20. The Bertz CT molecular complexity index is 772. The highest BCUT2D eigenvalue weighted by Gasteiger charge is 2.47. The van der Waals surface area contributed by atoms with Crippen molar-refractivity contribution in [3.05, 3.63) is 0 Å². The average Bonchev–Trinajstić information content (AvgIpc) is 3.47. The van der Waals surface area contributed by atoms with Gasteiger partial charge < -0.3 is 15.6 Å². The zero-order valence-electron chi connectivity index (χ0n) is 22.7. The maximum atomic E-state index is 11.8. The highest BCUT2D eigenvalue weighted by molar-refractivity contribution is 6.01. The van der Waals surface area contributed by atoms with Crippen LogP contribution in [-0.4, -0.2) is 66.3 Å². The van der Waals surface area contributed by atoms with Crippen LogP contribution in [0.1, 0.15) is 87.0 Å². The van der Waals surface area contributed by atoms with E-state index >= 15 is 0 Å². The van der Waals surface area contributed by atoms with Crippen LogP contribution in [0.5, 0.6) is 0 Å².